The van der Waals surface area contributed by atoms with E-state index >= 15 is 0 Å². The first kappa shape index (κ1) is 32.0. The monoisotopic (exact) mass is 643 g/mol. The van der Waals surface area contributed by atoms with Gasteiger partial charge in [0.05, 0.1) is 48.6 Å². The second-order valence-electron chi connectivity index (χ2n) is 10.9. The molecule has 2 saturated heterocycles. The van der Waals surface area contributed by atoms with Gasteiger partial charge in [-0.15, -0.1) is 0 Å². The van der Waals surface area contributed by atoms with Crippen molar-refractivity contribution in [3.63, 3.8) is 0 Å². The minimum atomic E-state index is -0.234. The molecule has 3 aromatic rings. The van der Waals surface area contributed by atoms with E-state index in [0.29, 0.717) is 76.3 Å². The van der Waals surface area contributed by atoms with Crippen LogP contribution in [0.5, 0.6) is 11.5 Å². The van der Waals surface area contributed by atoms with Gasteiger partial charge in [-0.05, 0) is 63.9 Å². The van der Waals surface area contributed by atoms with E-state index in [2.05, 4.69) is 32.4 Å². The zero-order valence-electron chi connectivity index (χ0n) is 25.1. The number of fused-ring (bicyclic) bond motifs is 1. The van der Waals surface area contributed by atoms with Crippen molar-refractivity contribution in [1.82, 2.24) is 25.2 Å². The number of benzene rings is 1. The molecular weight excluding hydrogens is 605 g/mol. The summed E-state index contributed by atoms with van der Waals surface area (Å²) in [5, 5.41) is 11.2. The number of carbonyl (C=O) groups excluding carboxylic acids is 1. The molecule has 1 aromatic carbocycles. The smallest absolute Gasteiger partial charge is 0.243 e. The lowest BCUT2D eigenvalue weighted by atomic mass is 10.0. The summed E-state index contributed by atoms with van der Waals surface area (Å²) in [6, 6.07) is 3.12. The second kappa shape index (κ2) is 15.1. The zero-order valence-corrected chi connectivity index (χ0v) is 26.6. The third-order valence-corrected chi connectivity index (χ3v) is 8.72. The second-order valence-corrected chi connectivity index (χ2v) is 11.6. The molecule has 0 unspecified atom stereocenters. The molecule has 5 rings (SSSR count). The molecule has 2 aliphatic rings. The Morgan fingerprint density at radius 1 is 1.11 bits per heavy atom. The highest BCUT2D eigenvalue weighted by Crippen LogP contribution is 2.46. The molecule has 3 N–H and O–H groups in total. The molecule has 236 valence electrons. The lowest BCUT2D eigenvalue weighted by Crippen LogP contribution is -2.52. The number of aromatic nitrogens is 3. The predicted molar refractivity (Wildman–Crippen MR) is 174 cm³/mol. The molecule has 44 heavy (non-hydrogen) atoms. The molecule has 0 spiro atoms. The lowest BCUT2D eigenvalue weighted by molar-refractivity contribution is -0.117. The third-order valence-electron chi connectivity index (χ3n) is 7.97. The lowest BCUT2D eigenvalue weighted by Gasteiger charge is -2.32. The Morgan fingerprint density at radius 3 is 2.57 bits per heavy atom. The number of amides is 1. The van der Waals surface area contributed by atoms with Crippen LogP contribution in [-0.2, 0) is 9.53 Å². The molecule has 0 aliphatic carbocycles. The number of carbonyl (C=O) groups is 1. The molecule has 2 fully saturated rings. The molecule has 11 nitrogen and oxygen atoms in total. The van der Waals surface area contributed by atoms with E-state index in [1.807, 2.05) is 6.07 Å². The highest BCUT2D eigenvalue weighted by Gasteiger charge is 2.28. The molecule has 2 aliphatic heterocycles. The van der Waals surface area contributed by atoms with Crippen LogP contribution in [0.15, 0.2) is 31.0 Å². The first-order valence-corrected chi connectivity index (χ1v) is 15.7. The summed E-state index contributed by atoms with van der Waals surface area (Å²) in [4.78, 5) is 28.9. The third kappa shape index (κ3) is 7.46. The number of hydrogen-bond donors (Lipinski definition) is 3. The molecule has 2 aromatic heterocycles. The van der Waals surface area contributed by atoms with Gasteiger partial charge in [0.1, 0.15) is 17.0 Å². The van der Waals surface area contributed by atoms with Crippen molar-refractivity contribution in [2.24, 2.45) is 0 Å². The topological polar surface area (TPSA) is 123 Å². The van der Waals surface area contributed by atoms with E-state index in [9.17, 15) is 4.79 Å². The Bertz CT molecular complexity index is 1460. The van der Waals surface area contributed by atoms with Crippen molar-refractivity contribution in [3.05, 3.63) is 41.0 Å². The highest BCUT2D eigenvalue weighted by molar-refractivity contribution is 6.41. The van der Waals surface area contributed by atoms with Gasteiger partial charge in [0.15, 0.2) is 5.82 Å². The van der Waals surface area contributed by atoms with Crippen LogP contribution in [0.4, 0.5) is 11.8 Å². The van der Waals surface area contributed by atoms with Crippen LogP contribution in [0.3, 0.4) is 0 Å². The average molecular weight is 645 g/mol. The standard InChI is InChI=1S/C31H39Cl2N7O4/c1-4-25(41)36-20-9-14-44-18-22(20)38-31-35-17-19-15-21(26-27(32)23(42-2)16-24(43-3)28(26)33)37-30(29(19)39-31)34-10-5-6-11-40-12-7-8-13-40/h4,15-17,20,22H,1,5-14,18H2,2-3H3,(H,34,37)(H,36,41)(H,35,38,39)/t20-,22+/m0/s1. The number of hydrogen-bond acceptors (Lipinski definition) is 10. The Kier molecular flexibility index (Phi) is 11.0. The fraction of sp³-hybridized carbons (Fsp3) is 0.484. The fourth-order valence-electron chi connectivity index (χ4n) is 5.60. The Hall–Kier alpha value is -3.38. The maximum absolute atomic E-state index is 12.0. The minimum absolute atomic E-state index is 0.158. The first-order valence-electron chi connectivity index (χ1n) is 14.9. The number of halogens is 2. The molecule has 13 heteroatoms. The highest BCUT2D eigenvalue weighted by atomic mass is 35.5. The number of rotatable bonds is 13. The number of methoxy groups -OCH3 is 2. The van der Waals surface area contributed by atoms with E-state index in [1.54, 1.807) is 12.3 Å². The Morgan fingerprint density at radius 2 is 1.86 bits per heavy atom. The summed E-state index contributed by atoms with van der Waals surface area (Å²) < 4.78 is 16.7. The number of anilines is 2. The zero-order chi connectivity index (χ0) is 31.1. The first-order chi connectivity index (χ1) is 21.4. The van der Waals surface area contributed by atoms with Gasteiger partial charge in [-0.3, -0.25) is 4.79 Å². The van der Waals surface area contributed by atoms with Crippen molar-refractivity contribution in [2.75, 3.05) is 64.2 Å². The van der Waals surface area contributed by atoms with Crippen LogP contribution in [0.25, 0.3) is 22.2 Å². The van der Waals surface area contributed by atoms with Crippen LogP contribution < -0.4 is 25.4 Å². The van der Waals surface area contributed by atoms with Crippen LogP contribution in [0.1, 0.15) is 32.1 Å². The molecule has 4 heterocycles. The fourth-order valence-corrected chi connectivity index (χ4v) is 6.30. The maximum Gasteiger partial charge on any atom is 0.243 e. The van der Waals surface area contributed by atoms with Gasteiger partial charge < -0.3 is 35.1 Å². The summed E-state index contributed by atoms with van der Waals surface area (Å²) in [6.45, 7) is 8.68. The molecule has 1 amide bonds. The summed E-state index contributed by atoms with van der Waals surface area (Å²) >= 11 is 13.5. The van der Waals surface area contributed by atoms with Gasteiger partial charge in [0.25, 0.3) is 0 Å². The minimum Gasteiger partial charge on any atom is -0.495 e. The Balaban J connectivity index is 1.46. The van der Waals surface area contributed by atoms with Crippen LogP contribution in [-0.4, -0.2) is 91.5 Å². The number of unbranched alkanes of at least 4 members (excludes halogenated alkanes) is 1. The number of nitrogens with zero attached hydrogens (tertiary/aromatic N) is 4. The largest absolute Gasteiger partial charge is 0.495 e. The summed E-state index contributed by atoms with van der Waals surface area (Å²) in [5.74, 6) is 1.59. The van der Waals surface area contributed by atoms with Crippen molar-refractivity contribution in [3.8, 4) is 22.8 Å². The number of pyridine rings is 1. The van der Waals surface area contributed by atoms with Crippen molar-refractivity contribution in [1.29, 1.82) is 0 Å². The Labute approximate surface area is 267 Å². The quantitative estimate of drug-likeness (QED) is 0.170. The van der Waals surface area contributed by atoms with Gasteiger partial charge in [0.2, 0.25) is 11.9 Å². The predicted octanol–water partition coefficient (Wildman–Crippen LogP) is 5.18. The van der Waals surface area contributed by atoms with E-state index < -0.39 is 0 Å². The normalized spacial score (nSPS) is 18.6. The van der Waals surface area contributed by atoms with Crippen molar-refractivity contribution < 1.29 is 19.0 Å². The van der Waals surface area contributed by atoms with Gasteiger partial charge in [-0.25, -0.2) is 15.0 Å². The number of ether oxygens (including phenoxy) is 3. The van der Waals surface area contributed by atoms with Crippen LogP contribution in [0, 0.1) is 0 Å². The number of likely N-dealkylation sites (tertiary alicyclic amines) is 1. The van der Waals surface area contributed by atoms with Crippen molar-refractivity contribution in [2.45, 2.75) is 44.2 Å². The number of nitrogens with one attached hydrogen (secondary N) is 3. The van der Waals surface area contributed by atoms with E-state index in [4.69, 9.17) is 47.4 Å². The average Bonchev–Trinajstić information content (AvgIpc) is 3.56. The van der Waals surface area contributed by atoms with E-state index in [1.165, 1.54) is 46.2 Å². The SMILES string of the molecule is C=CC(=O)N[C@H]1CCOC[C@H]1Nc1ncc2cc(-c3c(Cl)c(OC)cc(OC)c3Cl)nc(NCCCCN3CCCC3)c2n1. The van der Waals surface area contributed by atoms with Crippen LogP contribution in [0.2, 0.25) is 10.0 Å². The molecule has 0 saturated carbocycles. The van der Waals surface area contributed by atoms with Crippen LogP contribution >= 0.6 is 23.2 Å². The van der Waals surface area contributed by atoms with E-state index in [0.717, 1.165) is 24.8 Å². The summed E-state index contributed by atoms with van der Waals surface area (Å²) in [7, 11) is 3.07. The van der Waals surface area contributed by atoms with Gasteiger partial charge in [-0.2, -0.15) is 0 Å². The van der Waals surface area contributed by atoms with Crippen molar-refractivity contribution >= 4 is 51.8 Å². The maximum atomic E-state index is 12.0. The molecular formula is C31H39Cl2N7O4. The van der Waals surface area contributed by atoms with Gasteiger partial charge in [-0.1, -0.05) is 29.8 Å². The van der Waals surface area contributed by atoms with Gasteiger partial charge >= 0.3 is 0 Å². The molecule has 0 radical (unpaired) electrons. The molecule has 2 atom stereocenters. The summed E-state index contributed by atoms with van der Waals surface area (Å²) in [6.07, 6.45) is 8.27. The van der Waals surface area contributed by atoms with E-state index in [-0.39, 0.29) is 18.0 Å². The summed E-state index contributed by atoms with van der Waals surface area (Å²) in [5.41, 5.74) is 1.66. The molecule has 0 bridgehead atoms. The van der Waals surface area contributed by atoms with Gasteiger partial charge in [0, 0.05) is 36.4 Å².